The highest BCUT2D eigenvalue weighted by Crippen LogP contribution is 2.36. The Bertz CT molecular complexity index is 799. The summed E-state index contributed by atoms with van der Waals surface area (Å²) >= 11 is 7.11. The number of ether oxygens (including phenoxy) is 1. The lowest BCUT2D eigenvalue weighted by atomic mass is 10.0. The van der Waals surface area contributed by atoms with E-state index in [1.54, 1.807) is 7.11 Å². The third-order valence-corrected chi connectivity index (χ3v) is 4.33. The Morgan fingerprint density at radius 3 is 2.68 bits per heavy atom. The SMILES string of the molecule is COc1cccc2nc3c(Br)cc(Br)cc3c(C)c12. The van der Waals surface area contributed by atoms with E-state index in [9.17, 15) is 0 Å². The van der Waals surface area contributed by atoms with Gasteiger partial charge in [0, 0.05) is 19.7 Å². The molecule has 1 aromatic heterocycles. The smallest absolute Gasteiger partial charge is 0.128 e. The van der Waals surface area contributed by atoms with Gasteiger partial charge in [0.15, 0.2) is 0 Å². The molecule has 1 heterocycles. The van der Waals surface area contributed by atoms with E-state index in [0.717, 1.165) is 36.5 Å². The molecule has 0 atom stereocenters. The van der Waals surface area contributed by atoms with Crippen molar-refractivity contribution in [1.82, 2.24) is 4.98 Å². The minimum Gasteiger partial charge on any atom is -0.496 e. The van der Waals surface area contributed by atoms with Crippen molar-refractivity contribution in [3.8, 4) is 5.75 Å². The largest absolute Gasteiger partial charge is 0.496 e. The number of hydrogen-bond acceptors (Lipinski definition) is 2. The van der Waals surface area contributed by atoms with Crippen molar-refractivity contribution in [2.75, 3.05) is 7.11 Å². The molecular formula is C15H11Br2NO. The summed E-state index contributed by atoms with van der Waals surface area (Å²) in [5.74, 6) is 0.862. The predicted octanol–water partition coefficient (Wildman–Crippen LogP) is 5.23. The van der Waals surface area contributed by atoms with Gasteiger partial charge in [-0.15, -0.1) is 0 Å². The van der Waals surface area contributed by atoms with E-state index in [2.05, 4.69) is 44.8 Å². The zero-order valence-corrected chi connectivity index (χ0v) is 13.7. The number of rotatable bonds is 1. The number of nitrogens with zero attached hydrogens (tertiary/aromatic N) is 1. The molecule has 3 rings (SSSR count). The zero-order valence-electron chi connectivity index (χ0n) is 10.5. The van der Waals surface area contributed by atoms with Gasteiger partial charge in [0.05, 0.1) is 18.1 Å². The molecule has 3 aromatic rings. The number of hydrogen-bond donors (Lipinski definition) is 0. The van der Waals surface area contributed by atoms with E-state index in [1.165, 1.54) is 5.56 Å². The Hall–Kier alpha value is -1.13. The number of pyridine rings is 1. The van der Waals surface area contributed by atoms with Crippen LogP contribution in [0.2, 0.25) is 0 Å². The van der Waals surface area contributed by atoms with Gasteiger partial charge < -0.3 is 4.74 Å². The fraction of sp³-hybridized carbons (Fsp3) is 0.133. The summed E-state index contributed by atoms with van der Waals surface area (Å²) in [7, 11) is 1.69. The highest BCUT2D eigenvalue weighted by atomic mass is 79.9. The second kappa shape index (κ2) is 4.76. The third-order valence-electron chi connectivity index (χ3n) is 3.26. The number of halogens is 2. The Kier molecular flexibility index (Phi) is 3.23. The van der Waals surface area contributed by atoms with E-state index >= 15 is 0 Å². The number of aromatic nitrogens is 1. The van der Waals surface area contributed by atoms with Crippen molar-refractivity contribution >= 4 is 53.7 Å². The van der Waals surface area contributed by atoms with Gasteiger partial charge in [-0.2, -0.15) is 0 Å². The molecule has 96 valence electrons. The molecule has 0 spiro atoms. The lowest BCUT2D eigenvalue weighted by Crippen LogP contribution is -1.92. The molecule has 2 aromatic carbocycles. The van der Waals surface area contributed by atoms with Crippen LogP contribution in [0.1, 0.15) is 5.56 Å². The molecule has 0 bridgehead atoms. The van der Waals surface area contributed by atoms with Crippen LogP contribution < -0.4 is 4.74 Å². The Balaban J connectivity index is 2.57. The van der Waals surface area contributed by atoms with Crippen LogP contribution in [0.4, 0.5) is 0 Å². The second-order valence-electron chi connectivity index (χ2n) is 4.37. The van der Waals surface area contributed by atoms with E-state index in [0.29, 0.717) is 0 Å². The van der Waals surface area contributed by atoms with Gasteiger partial charge in [0.2, 0.25) is 0 Å². The van der Waals surface area contributed by atoms with E-state index < -0.39 is 0 Å². The number of fused-ring (bicyclic) bond motifs is 2. The molecule has 0 radical (unpaired) electrons. The summed E-state index contributed by atoms with van der Waals surface area (Å²) in [6, 6.07) is 10.1. The molecule has 0 aliphatic carbocycles. The molecule has 0 unspecified atom stereocenters. The van der Waals surface area contributed by atoms with Crippen molar-refractivity contribution in [2.24, 2.45) is 0 Å². The van der Waals surface area contributed by atoms with Crippen molar-refractivity contribution in [1.29, 1.82) is 0 Å². The maximum atomic E-state index is 5.45. The van der Waals surface area contributed by atoms with Crippen LogP contribution in [0.25, 0.3) is 21.8 Å². The molecule has 0 saturated heterocycles. The van der Waals surface area contributed by atoms with Crippen molar-refractivity contribution < 1.29 is 4.74 Å². The summed E-state index contributed by atoms with van der Waals surface area (Å²) in [6.07, 6.45) is 0. The molecule has 0 N–H and O–H groups in total. The first-order chi connectivity index (χ1) is 9.11. The summed E-state index contributed by atoms with van der Waals surface area (Å²) in [5.41, 5.74) is 3.10. The Morgan fingerprint density at radius 2 is 1.95 bits per heavy atom. The van der Waals surface area contributed by atoms with Crippen molar-refractivity contribution in [3.05, 3.63) is 44.8 Å². The number of aryl methyl sites for hydroxylation is 1. The lowest BCUT2D eigenvalue weighted by molar-refractivity contribution is 0.419. The minimum atomic E-state index is 0.862. The summed E-state index contributed by atoms with van der Waals surface area (Å²) in [6.45, 7) is 2.10. The van der Waals surface area contributed by atoms with Crippen molar-refractivity contribution in [2.45, 2.75) is 6.92 Å². The standard InChI is InChI=1S/C15H11Br2NO/c1-8-10-6-9(16)7-11(17)15(10)18-12-4-3-5-13(19-2)14(8)12/h3-7H,1-2H3. The van der Waals surface area contributed by atoms with E-state index in [-0.39, 0.29) is 0 Å². The zero-order chi connectivity index (χ0) is 13.6. The molecule has 0 amide bonds. The van der Waals surface area contributed by atoms with Crippen molar-refractivity contribution in [3.63, 3.8) is 0 Å². The number of methoxy groups -OCH3 is 1. The van der Waals surface area contributed by atoms with Crippen LogP contribution in [0.15, 0.2) is 39.3 Å². The van der Waals surface area contributed by atoms with Gasteiger partial charge in [-0.25, -0.2) is 4.98 Å². The summed E-state index contributed by atoms with van der Waals surface area (Å²) < 4.78 is 7.48. The quantitative estimate of drug-likeness (QED) is 0.539. The van der Waals surface area contributed by atoms with Crippen LogP contribution in [0, 0.1) is 6.92 Å². The maximum absolute atomic E-state index is 5.45. The van der Waals surface area contributed by atoms with Gasteiger partial charge in [0.25, 0.3) is 0 Å². The van der Waals surface area contributed by atoms with Gasteiger partial charge in [0.1, 0.15) is 5.75 Å². The third kappa shape index (κ3) is 2.03. The van der Waals surface area contributed by atoms with Crippen LogP contribution in [0.5, 0.6) is 5.75 Å². The first-order valence-corrected chi connectivity index (χ1v) is 7.42. The van der Waals surface area contributed by atoms with Gasteiger partial charge in [-0.3, -0.25) is 0 Å². The highest BCUT2D eigenvalue weighted by molar-refractivity contribution is 9.11. The molecule has 19 heavy (non-hydrogen) atoms. The first-order valence-electron chi connectivity index (χ1n) is 5.84. The van der Waals surface area contributed by atoms with Crippen LogP contribution in [-0.2, 0) is 0 Å². The Morgan fingerprint density at radius 1 is 1.16 bits per heavy atom. The molecule has 0 aliphatic heterocycles. The minimum absolute atomic E-state index is 0.862. The molecule has 4 heteroatoms. The fourth-order valence-electron chi connectivity index (χ4n) is 2.38. The molecule has 0 aliphatic rings. The lowest BCUT2D eigenvalue weighted by Gasteiger charge is -2.12. The average molecular weight is 381 g/mol. The van der Waals surface area contributed by atoms with E-state index in [1.807, 2.05) is 24.3 Å². The molecule has 2 nitrogen and oxygen atoms in total. The second-order valence-corrected chi connectivity index (χ2v) is 6.14. The van der Waals surface area contributed by atoms with Gasteiger partial charge in [-0.1, -0.05) is 22.0 Å². The fourth-order valence-corrected chi connectivity index (χ4v) is 3.69. The van der Waals surface area contributed by atoms with Crippen LogP contribution >= 0.6 is 31.9 Å². The molecule has 0 fully saturated rings. The summed E-state index contributed by atoms with van der Waals surface area (Å²) in [5, 5.41) is 2.20. The maximum Gasteiger partial charge on any atom is 0.128 e. The topological polar surface area (TPSA) is 22.1 Å². The van der Waals surface area contributed by atoms with Crippen LogP contribution in [-0.4, -0.2) is 12.1 Å². The molecular weight excluding hydrogens is 370 g/mol. The highest BCUT2D eigenvalue weighted by Gasteiger charge is 2.12. The van der Waals surface area contributed by atoms with Crippen LogP contribution in [0.3, 0.4) is 0 Å². The normalized spacial score (nSPS) is 11.2. The number of benzene rings is 2. The predicted molar refractivity (Wildman–Crippen MR) is 85.9 cm³/mol. The monoisotopic (exact) mass is 379 g/mol. The Labute approximate surface area is 128 Å². The van der Waals surface area contributed by atoms with Gasteiger partial charge in [-0.05, 0) is 52.7 Å². The molecule has 0 saturated carbocycles. The van der Waals surface area contributed by atoms with Gasteiger partial charge >= 0.3 is 0 Å². The average Bonchev–Trinajstić information content (AvgIpc) is 2.39. The van der Waals surface area contributed by atoms with E-state index in [4.69, 9.17) is 9.72 Å². The first kappa shape index (κ1) is 12.9. The summed E-state index contributed by atoms with van der Waals surface area (Å²) in [4.78, 5) is 4.74.